The van der Waals surface area contributed by atoms with E-state index in [1.54, 1.807) is 30.3 Å². The van der Waals surface area contributed by atoms with Crippen LogP contribution >= 0.6 is 15.9 Å². The Kier molecular flexibility index (Phi) is 6.64. The summed E-state index contributed by atoms with van der Waals surface area (Å²) < 4.78 is 46.7. The Morgan fingerprint density at radius 2 is 1.84 bits per heavy atom. The Morgan fingerprint density at radius 1 is 1.10 bits per heavy atom. The first-order chi connectivity index (χ1) is 14.7. The summed E-state index contributed by atoms with van der Waals surface area (Å²) in [4.78, 5) is 19.9. The number of hydrogen-bond acceptors (Lipinski definition) is 6. The van der Waals surface area contributed by atoms with Crippen LogP contribution in [-0.2, 0) is 6.18 Å². The SMILES string of the molecule is CNC(=O)c1ccccc1Nc1nc(Nc2ccc(Br)cc2OC)ncc1C(F)(F)F. The molecule has 0 fully saturated rings. The third-order valence-corrected chi connectivity index (χ3v) is 4.65. The minimum atomic E-state index is -4.71. The Labute approximate surface area is 184 Å². The predicted octanol–water partition coefficient (Wildman–Crippen LogP) is 5.11. The van der Waals surface area contributed by atoms with Crippen LogP contribution in [0, 0.1) is 0 Å². The van der Waals surface area contributed by atoms with Gasteiger partial charge in [0.05, 0.1) is 24.0 Å². The van der Waals surface area contributed by atoms with Gasteiger partial charge in [-0.2, -0.15) is 18.2 Å². The molecule has 0 aliphatic rings. The quantitative estimate of drug-likeness (QED) is 0.440. The van der Waals surface area contributed by atoms with Crippen LogP contribution in [-0.4, -0.2) is 30.0 Å². The van der Waals surface area contributed by atoms with Gasteiger partial charge in [0.15, 0.2) is 0 Å². The van der Waals surface area contributed by atoms with Crippen molar-refractivity contribution in [3.05, 3.63) is 64.3 Å². The number of ether oxygens (including phenoxy) is 1. The first-order valence-corrected chi connectivity index (χ1v) is 9.65. The molecule has 162 valence electrons. The molecule has 1 amide bonds. The number of anilines is 4. The highest BCUT2D eigenvalue weighted by Crippen LogP contribution is 2.36. The maximum absolute atomic E-state index is 13.6. The fourth-order valence-electron chi connectivity index (χ4n) is 2.69. The third kappa shape index (κ3) is 5.23. The summed E-state index contributed by atoms with van der Waals surface area (Å²) >= 11 is 3.32. The number of rotatable bonds is 6. The molecule has 1 aromatic heterocycles. The van der Waals surface area contributed by atoms with Gasteiger partial charge < -0.3 is 20.7 Å². The van der Waals surface area contributed by atoms with Crippen molar-refractivity contribution >= 4 is 45.0 Å². The number of carbonyl (C=O) groups excluding carboxylic acids is 1. The van der Waals surface area contributed by atoms with Crippen molar-refractivity contribution in [2.75, 3.05) is 24.8 Å². The fourth-order valence-corrected chi connectivity index (χ4v) is 3.03. The predicted molar refractivity (Wildman–Crippen MR) is 114 cm³/mol. The van der Waals surface area contributed by atoms with E-state index in [-0.39, 0.29) is 17.2 Å². The summed E-state index contributed by atoms with van der Waals surface area (Å²) in [5.41, 5.74) is -0.284. The summed E-state index contributed by atoms with van der Waals surface area (Å²) in [6.45, 7) is 0. The van der Waals surface area contributed by atoms with Gasteiger partial charge in [-0.1, -0.05) is 28.1 Å². The molecule has 3 rings (SSSR count). The highest BCUT2D eigenvalue weighted by molar-refractivity contribution is 9.10. The molecule has 3 N–H and O–H groups in total. The van der Waals surface area contributed by atoms with Crippen molar-refractivity contribution in [3.63, 3.8) is 0 Å². The number of benzene rings is 2. The van der Waals surface area contributed by atoms with Crippen LogP contribution in [0.15, 0.2) is 53.1 Å². The highest BCUT2D eigenvalue weighted by atomic mass is 79.9. The molecule has 0 aliphatic heterocycles. The molecular formula is C20H17BrF3N5O2. The lowest BCUT2D eigenvalue weighted by molar-refractivity contribution is -0.137. The van der Waals surface area contributed by atoms with E-state index in [0.29, 0.717) is 17.6 Å². The Hall–Kier alpha value is -3.34. The maximum Gasteiger partial charge on any atom is 0.421 e. The van der Waals surface area contributed by atoms with Gasteiger partial charge in [-0.25, -0.2) is 4.98 Å². The van der Waals surface area contributed by atoms with Crippen molar-refractivity contribution in [2.24, 2.45) is 0 Å². The van der Waals surface area contributed by atoms with Crippen LogP contribution in [0.5, 0.6) is 5.75 Å². The molecule has 11 heteroatoms. The van der Waals surface area contributed by atoms with E-state index in [1.807, 2.05) is 0 Å². The van der Waals surface area contributed by atoms with E-state index in [9.17, 15) is 18.0 Å². The molecule has 0 spiro atoms. The van der Waals surface area contributed by atoms with E-state index >= 15 is 0 Å². The van der Waals surface area contributed by atoms with Crippen molar-refractivity contribution in [3.8, 4) is 5.75 Å². The number of amides is 1. The van der Waals surface area contributed by atoms with Gasteiger partial charge in [0, 0.05) is 17.7 Å². The van der Waals surface area contributed by atoms with E-state index in [0.717, 1.165) is 4.47 Å². The van der Waals surface area contributed by atoms with E-state index in [1.165, 1.54) is 26.3 Å². The van der Waals surface area contributed by atoms with Crippen molar-refractivity contribution in [1.82, 2.24) is 15.3 Å². The number of methoxy groups -OCH3 is 1. The minimum Gasteiger partial charge on any atom is -0.495 e. The summed E-state index contributed by atoms with van der Waals surface area (Å²) in [7, 11) is 2.89. The molecule has 0 aliphatic carbocycles. The van der Waals surface area contributed by atoms with Crippen molar-refractivity contribution < 1.29 is 22.7 Å². The number of para-hydroxylation sites is 1. The summed E-state index contributed by atoms with van der Waals surface area (Å²) in [6, 6.07) is 11.2. The maximum atomic E-state index is 13.6. The number of nitrogens with zero attached hydrogens (tertiary/aromatic N) is 2. The zero-order valence-electron chi connectivity index (χ0n) is 16.3. The lowest BCUT2D eigenvalue weighted by Crippen LogP contribution is -2.20. The summed E-state index contributed by atoms with van der Waals surface area (Å²) in [5.74, 6) is -0.605. The number of alkyl halides is 3. The second kappa shape index (κ2) is 9.21. The molecule has 0 saturated heterocycles. The fraction of sp³-hybridized carbons (Fsp3) is 0.150. The summed E-state index contributed by atoms with van der Waals surface area (Å²) in [6.07, 6.45) is -4.04. The lowest BCUT2D eigenvalue weighted by Gasteiger charge is -2.17. The van der Waals surface area contributed by atoms with Crippen LogP contribution in [0.2, 0.25) is 0 Å². The number of hydrogen-bond donors (Lipinski definition) is 3. The van der Waals surface area contributed by atoms with Gasteiger partial charge in [0.1, 0.15) is 17.1 Å². The van der Waals surface area contributed by atoms with Crippen LogP contribution in [0.1, 0.15) is 15.9 Å². The molecule has 0 atom stereocenters. The van der Waals surface area contributed by atoms with Gasteiger partial charge in [-0.05, 0) is 30.3 Å². The summed E-state index contributed by atoms with van der Waals surface area (Å²) in [5, 5.41) is 7.92. The van der Waals surface area contributed by atoms with Crippen LogP contribution in [0.4, 0.5) is 36.3 Å². The van der Waals surface area contributed by atoms with Crippen LogP contribution in [0.25, 0.3) is 0 Å². The number of nitrogens with one attached hydrogen (secondary N) is 3. The third-order valence-electron chi connectivity index (χ3n) is 4.16. The van der Waals surface area contributed by atoms with E-state index < -0.39 is 23.5 Å². The van der Waals surface area contributed by atoms with Crippen LogP contribution < -0.4 is 20.7 Å². The topological polar surface area (TPSA) is 88.2 Å². The number of halogens is 4. The zero-order chi connectivity index (χ0) is 22.6. The van der Waals surface area contributed by atoms with Crippen molar-refractivity contribution in [2.45, 2.75) is 6.18 Å². The van der Waals surface area contributed by atoms with Gasteiger partial charge in [0.2, 0.25) is 5.95 Å². The Balaban J connectivity index is 2.02. The first kappa shape index (κ1) is 22.3. The lowest BCUT2D eigenvalue weighted by atomic mass is 10.1. The second-order valence-electron chi connectivity index (χ2n) is 6.17. The Bertz CT molecular complexity index is 1110. The average molecular weight is 496 g/mol. The first-order valence-electron chi connectivity index (χ1n) is 8.86. The number of carbonyl (C=O) groups is 1. The number of aromatic nitrogens is 2. The van der Waals surface area contributed by atoms with Gasteiger partial charge in [0.25, 0.3) is 5.91 Å². The van der Waals surface area contributed by atoms with Gasteiger partial charge in [-0.3, -0.25) is 4.79 Å². The van der Waals surface area contributed by atoms with Crippen molar-refractivity contribution in [1.29, 1.82) is 0 Å². The normalized spacial score (nSPS) is 11.0. The molecule has 3 aromatic rings. The molecule has 1 heterocycles. The minimum absolute atomic E-state index is 0.0893. The molecule has 0 unspecified atom stereocenters. The molecule has 2 aromatic carbocycles. The van der Waals surface area contributed by atoms with Crippen LogP contribution in [0.3, 0.4) is 0 Å². The molecule has 0 saturated carbocycles. The highest BCUT2D eigenvalue weighted by Gasteiger charge is 2.35. The molecular weight excluding hydrogens is 479 g/mol. The zero-order valence-corrected chi connectivity index (χ0v) is 17.9. The molecule has 31 heavy (non-hydrogen) atoms. The average Bonchev–Trinajstić information content (AvgIpc) is 2.74. The smallest absolute Gasteiger partial charge is 0.421 e. The Morgan fingerprint density at radius 3 is 2.52 bits per heavy atom. The van der Waals surface area contributed by atoms with E-state index in [2.05, 4.69) is 41.8 Å². The molecule has 0 bridgehead atoms. The van der Waals surface area contributed by atoms with Gasteiger partial charge >= 0.3 is 6.18 Å². The monoisotopic (exact) mass is 495 g/mol. The largest absolute Gasteiger partial charge is 0.495 e. The van der Waals surface area contributed by atoms with E-state index in [4.69, 9.17) is 4.74 Å². The standard InChI is InChI=1S/C20H17BrF3N5O2/c1-25-18(30)12-5-3-4-6-14(12)27-17-13(20(22,23)24)10-26-19(29-17)28-15-8-7-11(21)9-16(15)31-2/h3-10H,1-2H3,(H,25,30)(H2,26,27,28,29). The molecule has 0 radical (unpaired) electrons. The molecule has 7 nitrogen and oxygen atoms in total. The van der Waals surface area contributed by atoms with Gasteiger partial charge in [-0.15, -0.1) is 0 Å². The second-order valence-corrected chi connectivity index (χ2v) is 7.09.